The third kappa shape index (κ3) is 2.58. The maximum absolute atomic E-state index is 12.3. The van der Waals surface area contributed by atoms with Crippen molar-refractivity contribution in [1.29, 1.82) is 0 Å². The molecule has 1 aromatic heterocycles. The van der Waals surface area contributed by atoms with Crippen molar-refractivity contribution in [3.63, 3.8) is 0 Å². The number of piperidine rings is 1. The Bertz CT molecular complexity index is 589. The molecule has 110 valence electrons. The Morgan fingerprint density at radius 2 is 2.24 bits per heavy atom. The third-order valence-electron chi connectivity index (χ3n) is 3.92. The van der Waals surface area contributed by atoms with Gasteiger partial charge in [0.15, 0.2) is 0 Å². The predicted octanol–water partition coefficient (Wildman–Crippen LogP) is -0.175. The van der Waals surface area contributed by atoms with E-state index in [0.717, 1.165) is 0 Å². The van der Waals surface area contributed by atoms with Crippen molar-refractivity contribution in [2.24, 2.45) is 0 Å². The van der Waals surface area contributed by atoms with Gasteiger partial charge < -0.3 is 10.2 Å². The fourth-order valence-corrected chi connectivity index (χ4v) is 2.85. The lowest BCUT2D eigenvalue weighted by Crippen LogP contribution is -2.59. The predicted molar refractivity (Wildman–Crippen MR) is 73.2 cm³/mol. The quantitative estimate of drug-likeness (QED) is 0.739. The van der Waals surface area contributed by atoms with Crippen molar-refractivity contribution in [3.8, 4) is 0 Å². The monoisotopic (exact) mass is 288 g/mol. The van der Waals surface area contributed by atoms with E-state index in [0.29, 0.717) is 25.1 Å². The SMILES string of the molecule is O=C1NC(=O)C2(CCCN(C(=O)Cc3ccccn3)C2)N1. The molecule has 0 radical (unpaired) electrons. The summed E-state index contributed by atoms with van der Waals surface area (Å²) in [6.45, 7) is 0.812. The van der Waals surface area contributed by atoms with E-state index in [1.165, 1.54) is 0 Å². The van der Waals surface area contributed by atoms with Crippen molar-refractivity contribution in [1.82, 2.24) is 20.5 Å². The van der Waals surface area contributed by atoms with Crippen LogP contribution in [0.15, 0.2) is 24.4 Å². The van der Waals surface area contributed by atoms with Crippen LogP contribution >= 0.6 is 0 Å². The van der Waals surface area contributed by atoms with Gasteiger partial charge in [-0.25, -0.2) is 4.79 Å². The second-order valence-corrected chi connectivity index (χ2v) is 5.41. The Balaban J connectivity index is 1.70. The summed E-state index contributed by atoms with van der Waals surface area (Å²) in [5.41, 5.74) is -0.267. The number of carbonyl (C=O) groups is 3. The van der Waals surface area contributed by atoms with Crippen molar-refractivity contribution in [2.75, 3.05) is 13.1 Å². The van der Waals surface area contributed by atoms with E-state index in [1.54, 1.807) is 23.2 Å². The average molecular weight is 288 g/mol. The number of nitrogens with one attached hydrogen (secondary N) is 2. The van der Waals surface area contributed by atoms with E-state index >= 15 is 0 Å². The van der Waals surface area contributed by atoms with E-state index in [1.807, 2.05) is 6.07 Å². The summed E-state index contributed by atoms with van der Waals surface area (Å²) in [4.78, 5) is 41.4. The van der Waals surface area contributed by atoms with Gasteiger partial charge in [-0.3, -0.25) is 19.9 Å². The van der Waals surface area contributed by atoms with Crippen LogP contribution in [-0.2, 0) is 16.0 Å². The molecular formula is C14H16N4O3. The molecule has 0 saturated carbocycles. The van der Waals surface area contributed by atoms with Crippen LogP contribution in [0.1, 0.15) is 18.5 Å². The molecule has 1 unspecified atom stereocenters. The number of likely N-dealkylation sites (tertiary alicyclic amines) is 1. The number of carbonyl (C=O) groups excluding carboxylic acids is 3. The highest BCUT2D eigenvalue weighted by Crippen LogP contribution is 2.24. The first-order valence-corrected chi connectivity index (χ1v) is 6.90. The number of imide groups is 1. The standard InChI is InChI=1S/C14H16N4O3/c19-11(8-10-4-1-2-6-15-10)18-7-3-5-14(9-18)12(20)16-13(21)17-14/h1-2,4,6H,3,5,7-9H2,(H2,16,17,20,21). The Kier molecular flexibility index (Phi) is 3.32. The minimum absolute atomic E-state index is 0.0817. The number of urea groups is 1. The van der Waals surface area contributed by atoms with Gasteiger partial charge in [0.2, 0.25) is 5.91 Å². The Hall–Kier alpha value is -2.44. The van der Waals surface area contributed by atoms with Gasteiger partial charge in [-0.15, -0.1) is 0 Å². The van der Waals surface area contributed by atoms with Crippen molar-refractivity contribution >= 4 is 17.8 Å². The summed E-state index contributed by atoms with van der Waals surface area (Å²) in [5, 5.41) is 4.91. The lowest BCUT2D eigenvalue weighted by Gasteiger charge is -2.38. The van der Waals surface area contributed by atoms with E-state index in [4.69, 9.17) is 0 Å². The Morgan fingerprint density at radius 1 is 1.38 bits per heavy atom. The van der Waals surface area contributed by atoms with Gasteiger partial charge in [-0.05, 0) is 25.0 Å². The summed E-state index contributed by atoms with van der Waals surface area (Å²) >= 11 is 0. The molecule has 0 aromatic carbocycles. The second kappa shape index (κ2) is 5.16. The van der Waals surface area contributed by atoms with Gasteiger partial charge >= 0.3 is 6.03 Å². The summed E-state index contributed by atoms with van der Waals surface area (Å²) in [6, 6.07) is 4.93. The first kappa shape index (κ1) is 13.5. The maximum Gasteiger partial charge on any atom is 0.322 e. The van der Waals surface area contributed by atoms with Gasteiger partial charge in [0.05, 0.1) is 13.0 Å². The molecule has 21 heavy (non-hydrogen) atoms. The summed E-state index contributed by atoms with van der Waals surface area (Å²) in [6.07, 6.45) is 3.08. The Labute approximate surface area is 121 Å². The van der Waals surface area contributed by atoms with Gasteiger partial charge in [0.1, 0.15) is 5.54 Å². The number of rotatable bonds is 2. The molecule has 2 saturated heterocycles. The first-order valence-electron chi connectivity index (χ1n) is 6.90. The maximum atomic E-state index is 12.3. The highest BCUT2D eigenvalue weighted by Gasteiger charge is 2.49. The van der Waals surface area contributed by atoms with Crippen LogP contribution in [0.3, 0.4) is 0 Å². The normalized spacial score (nSPS) is 24.9. The zero-order valence-electron chi connectivity index (χ0n) is 11.5. The zero-order chi connectivity index (χ0) is 14.9. The molecule has 3 rings (SSSR count). The Morgan fingerprint density at radius 3 is 2.90 bits per heavy atom. The molecule has 0 aliphatic carbocycles. The lowest BCUT2D eigenvalue weighted by atomic mass is 9.89. The van der Waals surface area contributed by atoms with Crippen LogP contribution in [0.25, 0.3) is 0 Å². The van der Waals surface area contributed by atoms with Crippen LogP contribution in [0.5, 0.6) is 0 Å². The van der Waals surface area contributed by atoms with E-state index < -0.39 is 11.6 Å². The lowest BCUT2D eigenvalue weighted by molar-refractivity contribution is -0.135. The van der Waals surface area contributed by atoms with Crippen LogP contribution in [0, 0.1) is 0 Å². The first-order chi connectivity index (χ1) is 10.1. The molecule has 2 aliphatic heterocycles. The van der Waals surface area contributed by atoms with Crippen LogP contribution in [-0.4, -0.2) is 46.4 Å². The summed E-state index contributed by atoms with van der Waals surface area (Å²) in [5.74, 6) is -0.426. The number of aromatic nitrogens is 1. The average Bonchev–Trinajstić information content (AvgIpc) is 2.74. The molecule has 2 aliphatic rings. The summed E-state index contributed by atoms with van der Waals surface area (Å²) in [7, 11) is 0. The minimum Gasteiger partial charge on any atom is -0.339 e. The highest BCUT2D eigenvalue weighted by molar-refractivity contribution is 6.07. The number of hydrogen-bond donors (Lipinski definition) is 2. The molecule has 1 atom stereocenters. The van der Waals surface area contributed by atoms with Crippen LogP contribution in [0.4, 0.5) is 4.79 Å². The molecule has 7 heteroatoms. The topological polar surface area (TPSA) is 91.4 Å². The third-order valence-corrected chi connectivity index (χ3v) is 3.92. The van der Waals surface area contributed by atoms with E-state index in [-0.39, 0.29) is 24.8 Å². The molecule has 1 aromatic rings. The second-order valence-electron chi connectivity index (χ2n) is 5.41. The fraction of sp³-hybridized carbons (Fsp3) is 0.429. The van der Waals surface area contributed by atoms with Gasteiger partial charge in [0.25, 0.3) is 5.91 Å². The van der Waals surface area contributed by atoms with Gasteiger partial charge in [-0.1, -0.05) is 6.07 Å². The van der Waals surface area contributed by atoms with E-state index in [2.05, 4.69) is 15.6 Å². The molecule has 3 heterocycles. The molecule has 2 fully saturated rings. The van der Waals surface area contributed by atoms with Gasteiger partial charge in [0, 0.05) is 18.4 Å². The minimum atomic E-state index is -0.963. The summed E-state index contributed by atoms with van der Waals surface area (Å²) < 4.78 is 0. The smallest absolute Gasteiger partial charge is 0.322 e. The largest absolute Gasteiger partial charge is 0.339 e. The fourth-order valence-electron chi connectivity index (χ4n) is 2.85. The molecular weight excluding hydrogens is 272 g/mol. The van der Waals surface area contributed by atoms with Crippen LogP contribution < -0.4 is 10.6 Å². The number of amides is 4. The molecule has 2 N–H and O–H groups in total. The highest BCUT2D eigenvalue weighted by atomic mass is 16.2. The van der Waals surface area contributed by atoms with Crippen molar-refractivity contribution in [2.45, 2.75) is 24.8 Å². The zero-order valence-corrected chi connectivity index (χ0v) is 11.5. The number of hydrogen-bond acceptors (Lipinski definition) is 4. The number of nitrogens with zero attached hydrogens (tertiary/aromatic N) is 2. The van der Waals surface area contributed by atoms with Crippen molar-refractivity contribution < 1.29 is 14.4 Å². The molecule has 7 nitrogen and oxygen atoms in total. The van der Waals surface area contributed by atoms with Gasteiger partial charge in [-0.2, -0.15) is 0 Å². The van der Waals surface area contributed by atoms with Crippen molar-refractivity contribution in [3.05, 3.63) is 30.1 Å². The van der Waals surface area contributed by atoms with E-state index in [9.17, 15) is 14.4 Å². The number of pyridine rings is 1. The molecule has 1 spiro atoms. The van der Waals surface area contributed by atoms with Crippen LogP contribution in [0.2, 0.25) is 0 Å². The molecule has 4 amide bonds. The molecule has 0 bridgehead atoms.